The molecule has 1 aliphatic heterocycles. The molecule has 0 saturated carbocycles. The molecule has 1 fully saturated rings. The molecule has 1 aliphatic rings. The van der Waals surface area contributed by atoms with Gasteiger partial charge in [0.25, 0.3) is 5.91 Å². The maximum Gasteiger partial charge on any atom is 0.257 e. The van der Waals surface area contributed by atoms with Gasteiger partial charge in [-0.3, -0.25) is 4.79 Å². The van der Waals surface area contributed by atoms with Crippen molar-refractivity contribution in [2.45, 2.75) is 13.3 Å². The molecule has 0 unspecified atom stereocenters. The zero-order chi connectivity index (χ0) is 16.5. The maximum atomic E-state index is 12.8. The molecule has 1 aromatic heterocycles. The number of para-hydroxylation sites is 1. The summed E-state index contributed by atoms with van der Waals surface area (Å²) >= 11 is 0. The fraction of sp³-hybridized carbons (Fsp3) is 0.200. The van der Waals surface area contributed by atoms with Gasteiger partial charge < -0.3 is 4.90 Å². The van der Waals surface area contributed by atoms with Crippen molar-refractivity contribution in [1.82, 2.24) is 14.7 Å². The molecule has 2 aromatic carbocycles. The maximum absolute atomic E-state index is 12.8. The number of carbonyl (C=O) groups is 1. The van der Waals surface area contributed by atoms with Crippen LogP contribution in [0.1, 0.15) is 22.3 Å². The Balaban J connectivity index is 1.85. The van der Waals surface area contributed by atoms with Gasteiger partial charge in [0.2, 0.25) is 0 Å². The summed E-state index contributed by atoms with van der Waals surface area (Å²) in [7, 11) is 0. The van der Waals surface area contributed by atoms with Crippen molar-refractivity contribution in [2.24, 2.45) is 0 Å². The van der Waals surface area contributed by atoms with E-state index in [0.29, 0.717) is 5.56 Å². The summed E-state index contributed by atoms with van der Waals surface area (Å²) in [6, 6.07) is 18.0. The number of aryl methyl sites for hydroxylation is 1. The molecule has 4 nitrogen and oxygen atoms in total. The minimum Gasteiger partial charge on any atom is -0.338 e. The van der Waals surface area contributed by atoms with Crippen molar-refractivity contribution in [3.63, 3.8) is 0 Å². The first-order valence-electron chi connectivity index (χ1n) is 8.24. The molecule has 0 spiro atoms. The number of hydrogen-bond donors (Lipinski definition) is 0. The Morgan fingerprint density at radius 1 is 1.00 bits per heavy atom. The van der Waals surface area contributed by atoms with Crippen LogP contribution in [0.4, 0.5) is 0 Å². The predicted molar refractivity (Wildman–Crippen MR) is 94.3 cm³/mol. The fourth-order valence-electron chi connectivity index (χ4n) is 2.97. The SMILES string of the molecule is Cc1ccccc1-c1nn(-c2ccccc2)cc1C(=O)N1CCC1. The second-order valence-electron chi connectivity index (χ2n) is 6.13. The normalized spacial score (nSPS) is 13.6. The van der Waals surface area contributed by atoms with Crippen LogP contribution in [0.3, 0.4) is 0 Å². The van der Waals surface area contributed by atoms with E-state index in [1.807, 2.05) is 59.6 Å². The second-order valence-corrected chi connectivity index (χ2v) is 6.13. The minimum atomic E-state index is 0.0710. The lowest BCUT2D eigenvalue weighted by atomic mass is 10.0. The lowest BCUT2D eigenvalue weighted by Crippen LogP contribution is -2.42. The van der Waals surface area contributed by atoms with Crippen LogP contribution in [0.15, 0.2) is 60.8 Å². The molecule has 120 valence electrons. The number of rotatable bonds is 3. The van der Waals surface area contributed by atoms with Gasteiger partial charge in [-0.05, 0) is 31.0 Å². The van der Waals surface area contributed by atoms with Gasteiger partial charge in [0.1, 0.15) is 5.69 Å². The van der Waals surface area contributed by atoms with Gasteiger partial charge in [0.15, 0.2) is 0 Å². The second kappa shape index (κ2) is 5.96. The average Bonchev–Trinajstić information content (AvgIpc) is 2.99. The zero-order valence-corrected chi connectivity index (χ0v) is 13.6. The van der Waals surface area contributed by atoms with Gasteiger partial charge in [-0.2, -0.15) is 5.10 Å². The fourth-order valence-corrected chi connectivity index (χ4v) is 2.97. The number of hydrogen-bond acceptors (Lipinski definition) is 2. The number of benzene rings is 2. The topological polar surface area (TPSA) is 38.1 Å². The van der Waals surface area contributed by atoms with E-state index in [4.69, 9.17) is 5.10 Å². The molecule has 4 rings (SSSR count). The van der Waals surface area contributed by atoms with Crippen LogP contribution in [0.25, 0.3) is 16.9 Å². The van der Waals surface area contributed by atoms with Crippen LogP contribution in [-0.4, -0.2) is 33.7 Å². The van der Waals surface area contributed by atoms with E-state index in [2.05, 4.69) is 13.0 Å². The van der Waals surface area contributed by atoms with E-state index in [-0.39, 0.29) is 5.91 Å². The third-order valence-corrected chi connectivity index (χ3v) is 4.51. The quantitative estimate of drug-likeness (QED) is 0.739. The molecule has 3 aromatic rings. The summed E-state index contributed by atoms with van der Waals surface area (Å²) in [5.74, 6) is 0.0710. The van der Waals surface area contributed by atoms with Gasteiger partial charge in [0.05, 0.1) is 11.3 Å². The first-order valence-corrected chi connectivity index (χ1v) is 8.24. The molecule has 24 heavy (non-hydrogen) atoms. The number of nitrogens with zero attached hydrogens (tertiary/aromatic N) is 3. The number of amides is 1. The van der Waals surface area contributed by atoms with Gasteiger partial charge in [-0.15, -0.1) is 0 Å². The Morgan fingerprint density at radius 2 is 1.71 bits per heavy atom. The largest absolute Gasteiger partial charge is 0.338 e. The summed E-state index contributed by atoms with van der Waals surface area (Å²) in [6.45, 7) is 3.72. The molecule has 2 heterocycles. The van der Waals surface area contributed by atoms with E-state index < -0.39 is 0 Å². The van der Waals surface area contributed by atoms with Crippen molar-refractivity contribution >= 4 is 5.91 Å². The lowest BCUT2D eigenvalue weighted by molar-refractivity contribution is 0.0652. The Bertz CT molecular complexity index is 879. The first-order chi connectivity index (χ1) is 11.7. The lowest BCUT2D eigenvalue weighted by Gasteiger charge is -2.30. The molecule has 0 aliphatic carbocycles. The summed E-state index contributed by atoms with van der Waals surface area (Å²) in [6.07, 6.45) is 2.94. The number of likely N-dealkylation sites (tertiary alicyclic amines) is 1. The van der Waals surface area contributed by atoms with E-state index in [1.54, 1.807) is 4.68 Å². The summed E-state index contributed by atoms with van der Waals surface area (Å²) in [5.41, 5.74) is 4.52. The molecular weight excluding hydrogens is 298 g/mol. The van der Waals surface area contributed by atoms with E-state index in [0.717, 1.165) is 42.0 Å². The van der Waals surface area contributed by atoms with Crippen molar-refractivity contribution in [3.05, 3.63) is 71.9 Å². The van der Waals surface area contributed by atoms with Crippen LogP contribution >= 0.6 is 0 Å². The van der Waals surface area contributed by atoms with Crippen LogP contribution in [0.2, 0.25) is 0 Å². The molecule has 4 heteroatoms. The highest BCUT2D eigenvalue weighted by Gasteiger charge is 2.27. The molecule has 0 atom stereocenters. The molecule has 1 amide bonds. The highest BCUT2D eigenvalue weighted by Crippen LogP contribution is 2.28. The van der Waals surface area contributed by atoms with Crippen molar-refractivity contribution in [2.75, 3.05) is 13.1 Å². The van der Waals surface area contributed by atoms with E-state index >= 15 is 0 Å². The molecule has 0 radical (unpaired) electrons. The standard InChI is InChI=1S/C20H19N3O/c1-15-8-5-6-11-17(15)19-18(20(24)22-12-7-13-22)14-23(21-19)16-9-3-2-4-10-16/h2-6,8-11,14H,7,12-13H2,1H3. The van der Waals surface area contributed by atoms with Crippen LogP contribution in [0.5, 0.6) is 0 Å². The zero-order valence-electron chi connectivity index (χ0n) is 13.6. The number of aromatic nitrogens is 2. The molecule has 0 N–H and O–H groups in total. The molecule has 1 saturated heterocycles. The molecule has 0 bridgehead atoms. The van der Waals surface area contributed by atoms with Crippen molar-refractivity contribution < 1.29 is 4.79 Å². The van der Waals surface area contributed by atoms with Gasteiger partial charge in [-0.1, -0.05) is 42.5 Å². The highest BCUT2D eigenvalue weighted by atomic mass is 16.2. The Morgan fingerprint density at radius 3 is 2.38 bits per heavy atom. The summed E-state index contributed by atoms with van der Waals surface area (Å²) in [4.78, 5) is 14.7. The first kappa shape index (κ1) is 14.7. The van der Waals surface area contributed by atoms with Crippen LogP contribution in [0, 0.1) is 6.92 Å². The average molecular weight is 317 g/mol. The third kappa shape index (κ3) is 2.50. The third-order valence-electron chi connectivity index (χ3n) is 4.51. The number of carbonyl (C=O) groups excluding carboxylic acids is 1. The summed E-state index contributed by atoms with van der Waals surface area (Å²) < 4.78 is 1.80. The van der Waals surface area contributed by atoms with E-state index in [1.165, 1.54) is 0 Å². The Hall–Kier alpha value is -2.88. The Labute approximate surface area is 141 Å². The van der Waals surface area contributed by atoms with Gasteiger partial charge >= 0.3 is 0 Å². The highest BCUT2D eigenvalue weighted by molar-refractivity contribution is 6.00. The van der Waals surface area contributed by atoms with Crippen LogP contribution in [-0.2, 0) is 0 Å². The van der Waals surface area contributed by atoms with Crippen molar-refractivity contribution in [1.29, 1.82) is 0 Å². The smallest absolute Gasteiger partial charge is 0.257 e. The molecular formula is C20H19N3O. The monoisotopic (exact) mass is 317 g/mol. The predicted octanol–water partition coefficient (Wildman–Crippen LogP) is 3.69. The van der Waals surface area contributed by atoms with Crippen LogP contribution < -0.4 is 0 Å². The summed E-state index contributed by atoms with van der Waals surface area (Å²) in [5, 5.41) is 4.74. The van der Waals surface area contributed by atoms with Crippen molar-refractivity contribution in [3.8, 4) is 16.9 Å². The Kier molecular flexibility index (Phi) is 3.65. The van der Waals surface area contributed by atoms with E-state index in [9.17, 15) is 4.79 Å². The minimum absolute atomic E-state index is 0.0710. The van der Waals surface area contributed by atoms with Gasteiger partial charge in [0, 0.05) is 24.8 Å². The van der Waals surface area contributed by atoms with Gasteiger partial charge in [-0.25, -0.2) is 4.68 Å².